The van der Waals surface area contributed by atoms with E-state index >= 15 is 0 Å². The monoisotopic (exact) mass is 358 g/mol. The van der Waals surface area contributed by atoms with Crippen molar-refractivity contribution in [2.24, 2.45) is 5.16 Å². The Kier molecular flexibility index (Phi) is 10.5. The van der Waals surface area contributed by atoms with E-state index in [9.17, 15) is 4.79 Å². The van der Waals surface area contributed by atoms with Crippen molar-refractivity contribution in [1.29, 1.82) is 0 Å². The minimum Gasteiger partial charge on any atom is -0.391 e. The lowest BCUT2D eigenvalue weighted by Gasteiger charge is -2.10. The van der Waals surface area contributed by atoms with Crippen molar-refractivity contribution in [2.45, 2.75) is 83.7 Å². The van der Waals surface area contributed by atoms with Crippen LogP contribution in [0, 0.1) is 0 Å². The molecule has 1 fully saturated rings. The van der Waals surface area contributed by atoms with Gasteiger partial charge in [-0.1, -0.05) is 74.0 Å². The number of benzene rings is 1. The van der Waals surface area contributed by atoms with Crippen LogP contribution in [0.2, 0.25) is 0 Å². The van der Waals surface area contributed by atoms with Crippen LogP contribution in [-0.4, -0.2) is 18.2 Å². The van der Waals surface area contributed by atoms with Gasteiger partial charge in [0.2, 0.25) is 5.91 Å². The summed E-state index contributed by atoms with van der Waals surface area (Å²) in [7, 11) is 0. The normalized spacial score (nSPS) is 20.5. The van der Waals surface area contributed by atoms with Gasteiger partial charge in [0.1, 0.15) is 6.61 Å². The maximum absolute atomic E-state index is 11.8. The lowest BCUT2D eigenvalue weighted by Crippen LogP contribution is -2.24. The van der Waals surface area contributed by atoms with E-state index < -0.39 is 0 Å². The average Bonchev–Trinajstić information content (AvgIpc) is 2.66. The van der Waals surface area contributed by atoms with Crippen molar-refractivity contribution in [3.63, 3.8) is 0 Å². The highest BCUT2D eigenvalue weighted by Crippen LogP contribution is 2.13. The van der Waals surface area contributed by atoms with Crippen molar-refractivity contribution in [2.75, 3.05) is 6.54 Å². The van der Waals surface area contributed by atoms with Gasteiger partial charge in [-0.05, 0) is 37.7 Å². The molecule has 1 N–H and O–H groups in total. The van der Waals surface area contributed by atoms with Crippen LogP contribution >= 0.6 is 0 Å². The van der Waals surface area contributed by atoms with Crippen LogP contribution in [-0.2, 0) is 16.2 Å². The number of nitrogens with one attached hydrogen (secondary N) is 1. The van der Waals surface area contributed by atoms with Crippen molar-refractivity contribution in [3.05, 3.63) is 35.9 Å². The largest absolute Gasteiger partial charge is 0.391 e. The van der Waals surface area contributed by atoms with Crippen LogP contribution in [0.3, 0.4) is 0 Å². The van der Waals surface area contributed by atoms with Gasteiger partial charge in [-0.15, -0.1) is 0 Å². The van der Waals surface area contributed by atoms with Crippen molar-refractivity contribution in [1.82, 2.24) is 5.32 Å². The molecule has 0 spiro atoms. The molecule has 1 heterocycles. The third-order valence-electron chi connectivity index (χ3n) is 4.85. The molecule has 4 heteroatoms. The minimum absolute atomic E-state index is 0.191. The highest BCUT2D eigenvalue weighted by molar-refractivity contribution is 5.84. The Morgan fingerprint density at radius 1 is 0.808 bits per heavy atom. The standard InChI is InChI=1S/C22H34N2O2/c25-22-17-11-6-4-2-1-3-5-10-15-21(16-12-18-23-22)24-26-19-20-13-8-7-9-14-20/h7-9,13-14H,1-6,10-12,15-19H2,(H,23,25)/b24-21+. The Labute approximate surface area is 158 Å². The van der Waals surface area contributed by atoms with E-state index in [0.29, 0.717) is 13.0 Å². The molecule has 4 nitrogen and oxygen atoms in total. The summed E-state index contributed by atoms with van der Waals surface area (Å²) in [4.78, 5) is 17.4. The number of carbonyl (C=O) groups excluding carboxylic acids is 1. The van der Waals surface area contributed by atoms with E-state index in [4.69, 9.17) is 4.84 Å². The van der Waals surface area contributed by atoms with Gasteiger partial charge in [-0.3, -0.25) is 4.79 Å². The Morgan fingerprint density at radius 3 is 2.15 bits per heavy atom. The zero-order chi connectivity index (χ0) is 18.3. The molecular formula is C22H34N2O2. The fraction of sp³-hybridized carbons (Fsp3) is 0.636. The summed E-state index contributed by atoms with van der Waals surface area (Å²) < 4.78 is 0. The Hall–Kier alpha value is -1.84. The second kappa shape index (κ2) is 13.4. The molecule has 1 amide bonds. The number of hydrogen-bond acceptors (Lipinski definition) is 3. The first-order chi connectivity index (χ1) is 12.8. The lowest BCUT2D eigenvalue weighted by atomic mass is 10.0. The second-order valence-electron chi connectivity index (χ2n) is 7.20. The van der Waals surface area contributed by atoms with E-state index in [2.05, 4.69) is 22.6 Å². The average molecular weight is 359 g/mol. The molecule has 0 bridgehead atoms. The van der Waals surface area contributed by atoms with Crippen LogP contribution in [0.4, 0.5) is 0 Å². The Morgan fingerprint density at radius 2 is 1.42 bits per heavy atom. The fourth-order valence-corrected chi connectivity index (χ4v) is 3.27. The molecule has 144 valence electrons. The molecule has 0 atom stereocenters. The molecule has 2 rings (SSSR count). The summed E-state index contributed by atoms with van der Waals surface area (Å²) in [6.45, 7) is 1.25. The molecule has 1 saturated heterocycles. The van der Waals surface area contributed by atoms with E-state index in [1.54, 1.807) is 0 Å². The lowest BCUT2D eigenvalue weighted by molar-refractivity contribution is -0.121. The van der Waals surface area contributed by atoms with E-state index in [1.807, 2.05) is 18.2 Å². The van der Waals surface area contributed by atoms with E-state index in [1.165, 1.54) is 44.9 Å². The summed E-state index contributed by atoms with van der Waals surface area (Å²) in [6.07, 6.45) is 13.3. The van der Waals surface area contributed by atoms with E-state index in [-0.39, 0.29) is 5.91 Å². The maximum Gasteiger partial charge on any atom is 0.219 e. The van der Waals surface area contributed by atoms with Crippen LogP contribution in [0.1, 0.15) is 82.6 Å². The molecular weight excluding hydrogens is 324 g/mol. The molecule has 0 aromatic heterocycles. The first-order valence-corrected chi connectivity index (χ1v) is 10.3. The van der Waals surface area contributed by atoms with Gasteiger partial charge in [-0.2, -0.15) is 0 Å². The van der Waals surface area contributed by atoms with Crippen molar-refractivity contribution < 1.29 is 9.63 Å². The number of hydrogen-bond donors (Lipinski definition) is 1. The predicted octanol–water partition coefficient (Wildman–Crippen LogP) is 5.37. The maximum atomic E-state index is 11.8. The third kappa shape index (κ3) is 9.59. The van der Waals surface area contributed by atoms with Gasteiger partial charge in [0, 0.05) is 13.0 Å². The fourth-order valence-electron chi connectivity index (χ4n) is 3.27. The summed E-state index contributed by atoms with van der Waals surface area (Å²) in [5.41, 5.74) is 2.26. The van der Waals surface area contributed by atoms with Crippen LogP contribution in [0.25, 0.3) is 0 Å². The second-order valence-corrected chi connectivity index (χ2v) is 7.20. The molecule has 0 radical (unpaired) electrons. The Bertz CT molecular complexity index is 528. The number of oxime groups is 1. The number of rotatable bonds is 3. The first-order valence-electron chi connectivity index (χ1n) is 10.3. The molecule has 0 aliphatic carbocycles. The van der Waals surface area contributed by atoms with Crippen molar-refractivity contribution in [3.8, 4) is 0 Å². The van der Waals surface area contributed by atoms with Gasteiger partial charge in [0.15, 0.2) is 0 Å². The van der Waals surface area contributed by atoms with Crippen LogP contribution in [0.5, 0.6) is 0 Å². The molecule has 1 aliphatic rings. The third-order valence-corrected chi connectivity index (χ3v) is 4.85. The predicted molar refractivity (Wildman–Crippen MR) is 107 cm³/mol. The summed E-state index contributed by atoms with van der Waals surface area (Å²) in [6, 6.07) is 10.1. The zero-order valence-electron chi connectivity index (χ0n) is 16.0. The van der Waals surface area contributed by atoms with E-state index in [0.717, 1.165) is 43.5 Å². The highest BCUT2D eigenvalue weighted by Gasteiger charge is 2.05. The summed E-state index contributed by atoms with van der Waals surface area (Å²) in [5, 5.41) is 7.44. The number of amides is 1. The van der Waals surface area contributed by atoms with Crippen molar-refractivity contribution >= 4 is 11.6 Å². The Balaban J connectivity index is 1.79. The molecule has 0 saturated carbocycles. The van der Waals surface area contributed by atoms with Crippen LogP contribution in [0.15, 0.2) is 35.5 Å². The van der Waals surface area contributed by atoms with Gasteiger partial charge in [-0.25, -0.2) is 0 Å². The van der Waals surface area contributed by atoms with Gasteiger partial charge >= 0.3 is 0 Å². The van der Waals surface area contributed by atoms with Gasteiger partial charge in [0.05, 0.1) is 5.71 Å². The SMILES string of the molecule is O=C1CCCCCCCCCC/C(=N\OCc2ccccc2)CCCN1. The first kappa shape index (κ1) is 20.5. The van der Waals surface area contributed by atoms with Gasteiger partial charge in [0.25, 0.3) is 0 Å². The quantitative estimate of drug-likeness (QED) is 0.738. The zero-order valence-corrected chi connectivity index (χ0v) is 16.0. The van der Waals surface area contributed by atoms with Gasteiger partial charge < -0.3 is 10.2 Å². The smallest absolute Gasteiger partial charge is 0.219 e. The summed E-state index contributed by atoms with van der Waals surface area (Å²) >= 11 is 0. The molecule has 1 aromatic carbocycles. The van der Waals surface area contributed by atoms with Crippen LogP contribution < -0.4 is 5.32 Å². The molecule has 1 aliphatic heterocycles. The topological polar surface area (TPSA) is 50.7 Å². The minimum atomic E-state index is 0.191. The highest BCUT2D eigenvalue weighted by atomic mass is 16.6. The molecule has 26 heavy (non-hydrogen) atoms. The number of nitrogens with zero attached hydrogens (tertiary/aromatic N) is 1. The molecule has 1 aromatic rings. The number of carbonyl (C=O) groups is 1. The molecule has 0 unspecified atom stereocenters. The summed E-state index contributed by atoms with van der Waals surface area (Å²) in [5.74, 6) is 0.191.